The number of aliphatic carboxylic acids is 2. The molecular weight excluding hydrogens is 258 g/mol. The number of carboxylic acid groups (broad SMARTS) is 2. The Morgan fingerprint density at radius 2 is 1.17 bits per heavy atom. The van der Waals surface area contributed by atoms with Gasteiger partial charge in [-0.1, -0.05) is 0 Å². The van der Waals surface area contributed by atoms with E-state index in [1.165, 1.54) is 0 Å². The van der Waals surface area contributed by atoms with Crippen molar-refractivity contribution in [1.82, 2.24) is 0 Å². The Bertz CT molecular complexity index is 144. The molecule has 0 aromatic heterocycles. The van der Waals surface area contributed by atoms with E-state index in [1.807, 2.05) is 0 Å². The average molecular weight is 262 g/mol. The Hall–Kier alpha value is 0.743. The first-order chi connectivity index (χ1) is 4.46. The van der Waals surface area contributed by atoms with Crippen LogP contribution in [0.3, 0.4) is 0 Å². The fourth-order valence-electron chi connectivity index (χ4n) is 0.258. The van der Waals surface area contributed by atoms with Gasteiger partial charge in [0.1, 0.15) is 12.2 Å². The summed E-state index contributed by atoms with van der Waals surface area (Å²) in [6.07, 6.45) is -4.88. The second kappa shape index (κ2) is 8.35. The number of rotatable bonds is 3. The van der Waals surface area contributed by atoms with Gasteiger partial charge in [-0.05, 0) is 0 Å². The summed E-state index contributed by atoms with van der Waals surface area (Å²) in [6.45, 7) is 0. The minimum absolute atomic E-state index is 0. The van der Waals surface area contributed by atoms with Gasteiger partial charge in [0, 0.05) is 0 Å². The molecule has 12 heavy (non-hydrogen) atoms. The van der Waals surface area contributed by atoms with Crippen LogP contribution in [0.5, 0.6) is 0 Å². The number of hydrogen-bond acceptors (Lipinski definition) is 6. The van der Waals surface area contributed by atoms with Crippen molar-refractivity contribution in [2.75, 3.05) is 0 Å². The molecule has 0 aliphatic carbocycles. The van der Waals surface area contributed by atoms with Crippen LogP contribution in [0.2, 0.25) is 0 Å². The third kappa shape index (κ3) is 6.28. The number of carbonyl (C=O) groups excluding carboxylic acids is 2. The molecule has 2 unspecified atom stereocenters. The Labute approximate surface area is 109 Å². The Balaban J connectivity index is -0.000000405. The van der Waals surface area contributed by atoms with Crippen molar-refractivity contribution in [1.29, 1.82) is 0 Å². The first kappa shape index (κ1) is 18.5. The predicted molar refractivity (Wildman–Crippen MR) is 22.0 cm³/mol. The number of carbonyl (C=O) groups is 2. The SMILES string of the molecule is O=C([O-])C(O)C(O)C(=O)[O-].[Na+].[Zr+2]. The Morgan fingerprint density at radius 1 is 1.00 bits per heavy atom. The van der Waals surface area contributed by atoms with Gasteiger partial charge in [-0.3, -0.25) is 0 Å². The molecule has 0 spiro atoms. The Kier molecular flexibility index (Phi) is 12.9. The molecule has 0 aromatic rings. The van der Waals surface area contributed by atoms with Crippen LogP contribution in [0.4, 0.5) is 0 Å². The fraction of sp³-hybridized carbons (Fsp3) is 0.500. The average Bonchev–Trinajstić information content (AvgIpc) is 1.84. The van der Waals surface area contributed by atoms with Crippen LogP contribution in [-0.4, -0.2) is 34.4 Å². The Morgan fingerprint density at radius 3 is 1.25 bits per heavy atom. The van der Waals surface area contributed by atoms with Gasteiger partial charge in [-0.2, -0.15) is 0 Å². The number of carboxylic acids is 2. The molecule has 2 atom stereocenters. The zero-order chi connectivity index (χ0) is 8.31. The summed E-state index contributed by atoms with van der Waals surface area (Å²) in [5.74, 6) is -4.12. The maximum absolute atomic E-state index is 9.63. The molecule has 0 saturated carbocycles. The smallest absolute Gasteiger partial charge is 0.547 e. The van der Waals surface area contributed by atoms with Crippen LogP contribution in [0.1, 0.15) is 0 Å². The zero-order valence-corrected chi connectivity index (χ0v) is 10.6. The first-order valence-corrected chi connectivity index (χ1v) is 2.24. The van der Waals surface area contributed by atoms with Crippen LogP contribution in [-0.2, 0) is 35.8 Å². The summed E-state index contributed by atoms with van der Waals surface area (Å²) < 4.78 is 0. The molecule has 0 heterocycles. The van der Waals surface area contributed by atoms with Gasteiger partial charge < -0.3 is 30.0 Å². The van der Waals surface area contributed by atoms with Crippen LogP contribution >= 0.6 is 0 Å². The van der Waals surface area contributed by atoms with Crippen molar-refractivity contribution in [3.8, 4) is 0 Å². The number of hydrogen-bond donors (Lipinski definition) is 2. The second-order valence-electron chi connectivity index (χ2n) is 1.53. The third-order valence-corrected chi connectivity index (χ3v) is 0.782. The van der Waals surface area contributed by atoms with Crippen molar-refractivity contribution in [3.05, 3.63) is 0 Å². The minimum Gasteiger partial charge on any atom is -0.547 e. The van der Waals surface area contributed by atoms with Crippen LogP contribution in [0.25, 0.3) is 0 Å². The fourth-order valence-corrected chi connectivity index (χ4v) is 0.258. The van der Waals surface area contributed by atoms with E-state index in [1.54, 1.807) is 0 Å². The van der Waals surface area contributed by atoms with Gasteiger partial charge in [0.15, 0.2) is 0 Å². The number of aliphatic hydroxyl groups excluding tert-OH is 2. The second-order valence-corrected chi connectivity index (χ2v) is 1.53. The van der Waals surface area contributed by atoms with Crippen LogP contribution < -0.4 is 39.8 Å². The van der Waals surface area contributed by atoms with Crippen molar-refractivity contribution in [2.24, 2.45) is 0 Å². The molecule has 60 valence electrons. The van der Waals surface area contributed by atoms with E-state index in [4.69, 9.17) is 10.2 Å². The summed E-state index contributed by atoms with van der Waals surface area (Å²) in [7, 11) is 0. The molecule has 0 amide bonds. The maximum Gasteiger partial charge on any atom is 2.00 e. The summed E-state index contributed by atoms with van der Waals surface area (Å²) in [5.41, 5.74) is 0. The summed E-state index contributed by atoms with van der Waals surface area (Å²) in [5, 5.41) is 35.7. The molecule has 0 bridgehead atoms. The van der Waals surface area contributed by atoms with E-state index in [2.05, 4.69) is 0 Å². The standard InChI is InChI=1S/C4H6O6.Na.Zr/c5-1(3(7)8)2(6)4(9)10;;/h1-2,5-6H,(H,7,8)(H,9,10);;/q;+1;+2/p-2. The largest absolute Gasteiger partial charge is 2.00 e. The predicted octanol–water partition coefficient (Wildman–Crippen LogP) is -7.79. The summed E-state index contributed by atoms with van der Waals surface area (Å²) in [6, 6.07) is 0. The molecule has 0 aliphatic heterocycles. The normalized spacial score (nSPS) is 13.2. The minimum atomic E-state index is -2.44. The van der Waals surface area contributed by atoms with Gasteiger partial charge in [0.05, 0.1) is 11.9 Å². The zero-order valence-electron chi connectivity index (χ0n) is 6.18. The first-order valence-electron chi connectivity index (χ1n) is 2.24. The molecule has 0 aromatic carbocycles. The number of aliphatic hydroxyl groups is 2. The molecule has 8 heteroatoms. The van der Waals surface area contributed by atoms with Gasteiger partial charge in [-0.15, -0.1) is 0 Å². The third-order valence-electron chi connectivity index (χ3n) is 0.782. The van der Waals surface area contributed by atoms with Crippen molar-refractivity contribution >= 4 is 11.9 Å². The topological polar surface area (TPSA) is 121 Å². The molecule has 2 N–H and O–H groups in total. The van der Waals surface area contributed by atoms with Crippen LogP contribution in [0, 0.1) is 0 Å². The summed E-state index contributed by atoms with van der Waals surface area (Å²) in [4.78, 5) is 19.3. The van der Waals surface area contributed by atoms with Crippen molar-refractivity contribution < 1.29 is 85.8 Å². The van der Waals surface area contributed by atoms with E-state index >= 15 is 0 Å². The maximum atomic E-state index is 9.63. The molecule has 0 radical (unpaired) electrons. The van der Waals surface area contributed by atoms with E-state index < -0.39 is 24.1 Å². The molecule has 6 nitrogen and oxygen atoms in total. The van der Waals surface area contributed by atoms with Gasteiger partial charge in [-0.25, -0.2) is 0 Å². The molecular formula is C4H4NaO6Zr+. The molecule has 0 rings (SSSR count). The van der Waals surface area contributed by atoms with E-state index in [0.29, 0.717) is 0 Å². The monoisotopic (exact) mass is 261 g/mol. The molecule has 0 fully saturated rings. The molecule has 0 aliphatic rings. The van der Waals surface area contributed by atoms with Crippen molar-refractivity contribution in [3.63, 3.8) is 0 Å². The van der Waals surface area contributed by atoms with Gasteiger partial charge in [0.25, 0.3) is 0 Å². The summed E-state index contributed by atoms with van der Waals surface area (Å²) >= 11 is 0. The van der Waals surface area contributed by atoms with Gasteiger partial charge in [0.2, 0.25) is 0 Å². The van der Waals surface area contributed by atoms with E-state index in [-0.39, 0.29) is 55.8 Å². The van der Waals surface area contributed by atoms with E-state index in [9.17, 15) is 19.8 Å². The van der Waals surface area contributed by atoms with Gasteiger partial charge >= 0.3 is 55.8 Å². The van der Waals surface area contributed by atoms with E-state index in [0.717, 1.165) is 0 Å². The molecule has 0 saturated heterocycles. The quantitative estimate of drug-likeness (QED) is 0.487. The van der Waals surface area contributed by atoms with Crippen molar-refractivity contribution in [2.45, 2.75) is 12.2 Å². The van der Waals surface area contributed by atoms with Crippen LogP contribution in [0.15, 0.2) is 0 Å².